The molecular formula is C59H37BrN2. The highest BCUT2D eigenvalue weighted by molar-refractivity contribution is 9.10. The first kappa shape index (κ1) is 35.3. The summed E-state index contributed by atoms with van der Waals surface area (Å²) < 4.78 is 3.40. The fourth-order valence-corrected chi connectivity index (χ4v) is 11.4. The average Bonchev–Trinajstić information content (AvgIpc) is 3.93. The predicted octanol–water partition coefficient (Wildman–Crippen LogP) is 16.2. The normalized spacial score (nSPS) is 13.0. The number of hydrogen-bond donors (Lipinski definition) is 0. The summed E-state index contributed by atoms with van der Waals surface area (Å²) in [5.41, 5.74) is 19.3. The number of halogens is 1. The zero-order valence-corrected chi connectivity index (χ0v) is 35.2. The minimum Gasteiger partial charge on any atom is -0.310 e. The van der Waals surface area contributed by atoms with Crippen LogP contribution in [-0.2, 0) is 5.41 Å². The van der Waals surface area contributed by atoms with Gasteiger partial charge in [-0.15, -0.1) is 0 Å². The van der Waals surface area contributed by atoms with Gasteiger partial charge in [-0.3, -0.25) is 0 Å². The molecule has 0 fully saturated rings. The van der Waals surface area contributed by atoms with Crippen LogP contribution in [0.15, 0.2) is 229 Å². The average molecular weight is 854 g/mol. The second-order valence-electron chi connectivity index (χ2n) is 16.6. The second kappa shape index (κ2) is 13.5. The van der Waals surface area contributed by atoms with E-state index in [9.17, 15) is 0 Å². The van der Waals surface area contributed by atoms with Crippen molar-refractivity contribution in [1.82, 2.24) is 4.57 Å². The van der Waals surface area contributed by atoms with Gasteiger partial charge in [-0.2, -0.15) is 0 Å². The van der Waals surface area contributed by atoms with Crippen molar-refractivity contribution in [2.24, 2.45) is 0 Å². The number of nitrogens with zero attached hydrogens (tertiary/aromatic N) is 2. The van der Waals surface area contributed by atoms with Crippen LogP contribution in [0.3, 0.4) is 0 Å². The largest absolute Gasteiger partial charge is 0.310 e. The molecule has 1 spiro atoms. The van der Waals surface area contributed by atoms with Crippen molar-refractivity contribution in [3.63, 3.8) is 0 Å². The molecule has 11 aromatic rings. The molecule has 0 bridgehead atoms. The zero-order valence-electron chi connectivity index (χ0n) is 33.6. The fraction of sp³-hybridized carbons (Fsp3) is 0.0169. The van der Waals surface area contributed by atoms with Crippen LogP contribution < -0.4 is 4.90 Å². The Morgan fingerprint density at radius 2 is 0.903 bits per heavy atom. The van der Waals surface area contributed by atoms with Crippen LogP contribution in [0.4, 0.5) is 17.1 Å². The minimum atomic E-state index is -0.444. The molecule has 2 aliphatic carbocycles. The molecule has 1 heterocycles. The lowest BCUT2D eigenvalue weighted by Crippen LogP contribution is -2.26. The van der Waals surface area contributed by atoms with Crippen LogP contribution in [0.5, 0.6) is 0 Å². The number of rotatable bonds is 5. The molecule has 290 valence electrons. The number of benzene rings is 10. The van der Waals surface area contributed by atoms with Crippen LogP contribution in [-0.4, -0.2) is 4.57 Å². The van der Waals surface area contributed by atoms with E-state index in [1.165, 1.54) is 77.1 Å². The summed E-state index contributed by atoms with van der Waals surface area (Å²) in [5, 5.41) is 4.93. The van der Waals surface area contributed by atoms with Crippen molar-refractivity contribution in [3.8, 4) is 39.1 Å². The maximum absolute atomic E-state index is 4.00. The van der Waals surface area contributed by atoms with E-state index in [4.69, 9.17) is 0 Å². The van der Waals surface area contributed by atoms with Crippen molar-refractivity contribution in [2.75, 3.05) is 4.90 Å². The van der Waals surface area contributed by atoms with E-state index in [2.05, 4.69) is 250 Å². The summed E-state index contributed by atoms with van der Waals surface area (Å²) in [6.45, 7) is 0. The van der Waals surface area contributed by atoms with Gasteiger partial charge >= 0.3 is 0 Å². The first-order valence-corrected chi connectivity index (χ1v) is 22.1. The Balaban J connectivity index is 1.01. The molecule has 10 aromatic carbocycles. The van der Waals surface area contributed by atoms with Gasteiger partial charge in [0.05, 0.1) is 22.1 Å². The molecule has 0 aliphatic heterocycles. The van der Waals surface area contributed by atoms with Crippen molar-refractivity contribution in [2.45, 2.75) is 5.41 Å². The van der Waals surface area contributed by atoms with Gasteiger partial charge in [0.15, 0.2) is 0 Å². The highest BCUT2D eigenvalue weighted by Crippen LogP contribution is 2.63. The van der Waals surface area contributed by atoms with Crippen LogP contribution in [0, 0.1) is 0 Å². The summed E-state index contributed by atoms with van der Waals surface area (Å²) in [6, 6.07) is 83.0. The van der Waals surface area contributed by atoms with Gasteiger partial charge in [-0.25, -0.2) is 0 Å². The van der Waals surface area contributed by atoms with E-state index in [0.29, 0.717) is 0 Å². The Kier molecular flexibility index (Phi) is 7.70. The molecule has 0 saturated carbocycles. The summed E-state index contributed by atoms with van der Waals surface area (Å²) in [5.74, 6) is 0. The topological polar surface area (TPSA) is 8.17 Å². The molecule has 62 heavy (non-hydrogen) atoms. The second-order valence-corrected chi connectivity index (χ2v) is 17.5. The van der Waals surface area contributed by atoms with Crippen LogP contribution in [0.25, 0.3) is 71.6 Å². The van der Waals surface area contributed by atoms with Crippen molar-refractivity contribution in [1.29, 1.82) is 0 Å². The Morgan fingerprint density at radius 3 is 1.55 bits per heavy atom. The molecule has 0 saturated heterocycles. The van der Waals surface area contributed by atoms with E-state index in [0.717, 1.165) is 38.3 Å². The van der Waals surface area contributed by atoms with Crippen LogP contribution in [0.1, 0.15) is 22.3 Å². The third-order valence-electron chi connectivity index (χ3n) is 13.4. The van der Waals surface area contributed by atoms with Gasteiger partial charge in [0.1, 0.15) is 0 Å². The third-order valence-corrected chi connectivity index (χ3v) is 13.9. The van der Waals surface area contributed by atoms with E-state index in [-0.39, 0.29) is 0 Å². The molecule has 0 amide bonds. The van der Waals surface area contributed by atoms with Crippen molar-refractivity contribution < 1.29 is 0 Å². The smallest absolute Gasteiger partial charge is 0.0726 e. The van der Waals surface area contributed by atoms with Gasteiger partial charge in [0.25, 0.3) is 0 Å². The molecular weight excluding hydrogens is 817 g/mol. The van der Waals surface area contributed by atoms with Crippen LogP contribution >= 0.6 is 15.9 Å². The van der Waals surface area contributed by atoms with Crippen molar-refractivity contribution >= 4 is 65.6 Å². The number of anilines is 3. The molecule has 0 unspecified atom stereocenters. The Bertz CT molecular complexity index is 3490. The fourth-order valence-electron chi connectivity index (χ4n) is 10.9. The molecule has 2 nitrogen and oxygen atoms in total. The lowest BCUT2D eigenvalue weighted by molar-refractivity contribution is 0.793. The van der Waals surface area contributed by atoms with Crippen LogP contribution in [0.2, 0.25) is 0 Å². The summed E-state index contributed by atoms with van der Waals surface area (Å²) >= 11 is 4.00. The first-order chi connectivity index (χ1) is 30.7. The maximum atomic E-state index is 4.00. The summed E-state index contributed by atoms with van der Waals surface area (Å²) in [4.78, 5) is 2.47. The summed E-state index contributed by atoms with van der Waals surface area (Å²) in [6.07, 6.45) is 0. The highest BCUT2D eigenvalue weighted by Gasteiger charge is 2.51. The molecule has 13 rings (SSSR count). The maximum Gasteiger partial charge on any atom is 0.0726 e. The zero-order chi connectivity index (χ0) is 40.9. The van der Waals surface area contributed by atoms with Gasteiger partial charge in [0.2, 0.25) is 0 Å². The molecule has 1 aromatic heterocycles. The van der Waals surface area contributed by atoms with Gasteiger partial charge in [-0.1, -0.05) is 180 Å². The molecule has 2 aliphatic rings. The Hall–Kier alpha value is -7.46. The van der Waals surface area contributed by atoms with E-state index in [1.54, 1.807) is 0 Å². The van der Waals surface area contributed by atoms with E-state index >= 15 is 0 Å². The number of aromatic nitrogens is 1. The molecule has 0 N–H and O–H groups in total. The number of hydrogen-bond acceptors (Lipinski definition) is 1. The van der Waals surface area contributed by atoms with E-state index in [1.807, 2.05) is 0 Å². The van der Waals surface area contributed by atoms with E-state index < -0.39 is 5.41 Å². The Labute approximate surface area is 368 Å². The van der Waals surface area contributed by atoms with Gasteiger partial charge in [0, 0.05) is 37.7 Å². The highest BCUT2D eigenvalue weighted by atomic mass is 79.9. The first-order valence-electron chi connectivity index (χ1n) is 21.3. The summed E-state index contributed by atoms with van der Waals surface area (Å²) in [7, 11) is 0. The third kappa shape index (κ3) is 4.97. The SMILES string of the molecule is Brc1cc(-c2ccc(-n3c4ccccc4c4ccccc43)cc2)cc(N(c2ccc3c(c2)C2(c4ccccc4-c4ccccc42)c2ccccc2-3)c2cccc3ccccc23)c1. The monoisotopic (exact) mass is 852 g/mol. The Morgan fingerprint density at radius 1 is 0.371 bits per heavy atom. The van der Waals surface area contributed by atoms with Crippen molar-refractivity contribution in [3.05, 3.63) is 251 Å². The number of fused-ring (bicyclic) bond motifs is 14. The van der Waals surface area contributed by atoms with Gasteiger partial charge < -0.3 is 9.47 Å². The molecule has 0 radical (unpaired) electrons. The minimum absolute atomic E-state index is 0.444. The molecule has 3 heteroatoms. The van der Waals surface area contributed by atoms with Gasteiger partial charge in [-0.05, 0) is 122 Å². The standard InChI is InChI=1S/C59H37BrN2/c60-41-34-40(38-28-30-42(31-29-38)62-57-25-11-6-20-50(57)51-21-7-12-26-58(51)62)35-44(36-41)61(56-27-13-15-39-14-1-2-16-45(39)56)43-32-33-49-48-19-5-10-24-54(48)59(55(49)37-43)52-22-8-3-17-46(52)47-18-4-9-23-53(47)59/h1-37H. The lowest BCUT2D eigenvalue weighted by Gasteiger charge is -2.32. The predicted molar refractivity (Wildman–Crippen MR) is 262 cm³/mol. The lowest BCUT2D eigenvalue weighted by atomic mass is 9.70. The number of para-hydroxylation sites is 2. The quantitative estimate of drug-likeness (QED) is 0.167. The molecule has 0 atom stereocenters.